The molecule has 0 aliphatic carbocycles. The van der Waals surface area contributed by atoms with E-state index in [1.54, 1.807) is 12.1 Å². The number of aryl methyl sites for hydroxylation is 1. The van der Waals surface area contributed by atoms with Gasteiger partial charge in [0.1, 0.15) is 11.4 Å². The van der Waals surface area contributed by atoms with Crippen LogP contribution in [0.25, 0.3) is 94.1 Å². The molecule has 1 radical (unpaired) electrons. The predicted octanol–water partition coefficient (Wildman–Crippen LogP) is 13.6. The minimum Gasteiger partial charge on any atom is -0.501 e. The van der Waals surface area contributed by atoms with Crippen molar-refractivity contribution >= 4 is 79.1 Å². The van der Waals surface area contributed by atoms with Crippen LogP contribution in [0.15, 0.2) is 142 Å². The van der Waals surface area contributed by atoms with E-state index in [0.717, 1.165) is 101 Å². The topological polar surface area (TPSA) is 69.9 Å². The van der Waals surface area contributed by atoms with Crippen molar-refractivity contribution in [1.29, 1.82) is 0 Å². The van der Waals surface area contributed by atoms with Crippen LogP contribution in [0.4, 0.5) is 4.39 Å². The number of rotatable bonds is 6. The van der Waals surface area contributed by atoms with E-state index in [4.69, 9.17) is 18.8 Å². The van der Waals surface area contributed by atoms with E-state index in [1.807, 2.05) is 97.9 Å². The number of hydrogen-bond acceptors (Lipinski definition) is 5. The molecule has 0 spiro atoms. The first-order valence-corrected chi connectivity index (χ1v) is 24.2. The summed E-state index contributed by atoms with van der Waals surface area (Å²) in [7, 11) is -1.46. The fraction of sp³-hybridized carbons (Fsp3) is 0.151. The average molecular weight is 1010 g/mol. The van der Waals surface area contributed by atoms with E-state index < -0.39 is 8.07 Å². The molecular weight excluding hydrogens is 964 g/mol. The molecule has 309 valence electrons. The van der Waals surface area contributed by atoms with Crippen LogP contribution in [0.1, 0.15) is 25.1 Å². The van der Waals surface area contributed by atoms with E-state index >= 15 is 0 Å². The molecule has 0 atom stereocenters. The Morgan fingerprint density at radius 1 is 0.710 bits per heavy atom. The number of para-hydroxylation sites is 3. The molecule has 0 unspecified atom stereocenters. The number of pyridine rings is 2. The monoisotopic (exact) mass is 1010 g/mol. The summed E-state index contributed by atoms with van der Waals surface area (Å²) in [5, 5.41) is 7.46. The summed E-state index contributed by atoms with van der Waals surface area (Å²) in [6, 6.07) is 48.0. The zero-order valence-electron chi connectivity index (χ0n) is 35.3. The Morgan fingerprint density at radius 2 is 1.44 bits per heavy atom. The Kier molecular flexibility index (Phi) is 10.8. The van der Waals surface area contributed by atoms with Crippen LogP contribution >= 0.6 is 0 Å². The van der Waals surface area contributed by atoms with Crippen molar-refractivity contribution in [3.8, 4) is 28.3 Å². The second kappa shape index (κ2) is 16.2. The van der Waals surface area contributed by atoms with Crippen LogP contribution in [0, 0.1) is 30.8 Å². The first kappa shape index (κ1) is 41.1. The van der Waals surface area contributed by atoms with Gasteiger partial charge in [0.05, 0.1) is 36.1 Å². The quantitative estimate of drug-likeness (QED) is 0.123. The normalized spacial score (nSPS) is 11.9. The van der Waals surface area contributed by atoms with Gasteiger partial charge in [0.2, 0.25) is 5.71 Å². The van der Waals surface area contributed by atoms with Gasteiger partial charge in [0.25, 0.3) is 0 Å². The molecule has 0 aliphatic rings. The first-order chi connectivity index (χ1) is 29.5. The van der Waals surface area contributed by atoms with Crippen molar-refractivity contribution < 1.29 is 33.3 Å². The van der Waals surface area contributed by atoms with Crippen molar-refractivity contribution in [2.75, 3.05) is 0 Å². The number of fused-ring (bicyclic) bond motifs is 8. The van der Waals surface area contributed by atoms with Crippen molar-refractivity contribution in [2.45, 2.75) is 46.8 Å². The molecular formula is C53H43FIrN4O2Si-2. The van der Waals surface area contributed by atoms with Gasteiger partial charge in [-0.1, -0.05) is 109 Å². The minimum atomic E-state index is -1.46. The van der Waals surface area contributed by atoms with Crippen LogP contribution in [-0.4, -0.2) is 27.6 Å². The molecule has 0 aliphatic heterocycles. The Hall–Kier alpha value is -6.25. The molecule has 6 nitrogen and oxygen atoms in total. The number of furan rings is 2. The smallest absolute Gasteiger partial charge is 0.216 e. The fourth-order valence-corrected chi connectivity index (χ4v) is 10.1. The third-order valence-corrected chi connectivity index (χ3v) is 13.4. The molecule has 11 aromatic rings. The molecule has 0 bridgehead atoms. The minimum absolute atomic E-state index is 0. The van der Waals surface area contributed by atoms with Crippen LogP contribution in [0.5, 0.6) is 0 Å². The molecule has 5 aromatic heterocycles. The molecule has 0 amide bonds. The van der Waals surface area contributed by atoms with Gasteiger partial charge in [-0.15, -0.1) is 36.4 Å². The maximum absolute atomic E-state index is 13.9. The largest absolute Gasteiger partial charge is 0.501 e. The Morgan fingerprint density at radius 3 is 2.24 bits per heavy atom. The number of aromatic nitrogens is 4. The zero-order valence-corrected chi connectivity index (χ0v) is 38.7. The fourth-order valence-electron chi connectivity index (χ4n) is 8.48. The standard InChI is InChI=1S/C29H16FN2O.C24H27N2OSi.Ir/c30-20-14-12-18-13-15-21(17-19(18)16-20)32-26-10-3-2-9-25(26)31-29(32)24-8-5-7-23-22-6-1-4-11-27(22)33-28(23)24;1-15(2)12-17-13-21(25-14-22(17)28(4,5)6)20-9-7-8-18-19-11-10-16(3)26-24(19)27-23(18)20;/h1-7,9-17H;7-8,10-11,13-15H,12H2,1-6H3;/q2*-1;. The molecule has 6 aromatic carbocycles. The SMILES string of the molecule is Cc1ccc2c(n1)oc1c(-c3cc(CC(C)C)c([Si](C)(C)C)cn3)[c-]ccc12.Fc1ccc2ccc(-n3c(-c4[c-]ccc5c4oc4ccccc45)nc4ccccc43)cc2c1.[Ir]. The molecule has 0 N–H and O–H groups in total. The van der Waals surface area contributed by atoms with E-state index in [9.17, 15) is 4.39 Å². The van der Waals surface area contributed by atoms with Crippen molar-refractivity contribution in [3.05, 3.63) is 163 Å². The van der Waals surface area contributed by atoms with E-state index in [1.165, 1.54) is 16.8 Å². The van der Waals surface area contributed by atoms with E-state index in [0.29, 0.717) is 11.6 Å². The van der Waals surface area contributed by atoms with Crippen molar-refractivity contribution in [3.63, 3.8) is 0 Å². The summed E-state index contributed by atoms with van der Waals surface area (Å²) in [4.78, 5) is 14.4. The van der Waals surface area contributed by atoms with Gasteiger partial charge in [0, 0.05) is 48.5 Å². The summed E-state index contributed by atoms with van der Waals surface area (Å²) in [6.45, 7) is 13.7. The first-order valence-electron chi connectivity index (χ1n) is 20.7. The summed E-state index contributed by atoms with van der Waals surface area (Å²) in [6.07, 6.45) is 3.16. The molecule has 5 heterocycles. The van der Waals surface area contributed by atoms with E-state index in [-0.39, 0.29) is 25.9 Å². The number of benzene rings is 6. The van der Waals surface area contributed by atoms with Crippen LogP contribution < -0.4 is 5.19 Å². The molecule has 11 rings (SSSR count). The van der Waals surface area contributed by atoms with Gasteiger partial charge in [-0.2, -0.15) is 0 Å². The summed E-state index contributed by atoms with van der Waals surface area (Å²) in [5.74, 6) is 1.08. The number of imidazole rings is 1. The second-order valence-electron chi connectivity index (χ2n) is 17.2. The van der Waals surface area contributed by atoms with Gasteiger partial charge in [0.15, 0.2) is 0 Å². The zero-order chi connectivity index (χ0) is 42.0. The van der Waals surface area contributed by atoms with Crippen molar-refractivity contribution in [2.24, 2.45) is 5.92 Å². The van der Waals surface area contributed by atoms with Gasteiger partial charge >= 0.3 is 0 Å². The molecule has 0 saturated carbocycles. The molecule has 62 heavy (non-hydrogen) atoms. The summed E-state index contributed by atoms with van der Waals surface area (Å²) >= 11 is 0. The van der Waals surface area contributed by atoms with Crippen LogP contribution in [-0.2, 0) is 26.5 Å². The van der Waals surface area contributed by atoms with Gasteiger partial charge in [-0.3, -0.25) is 4.98 Å². The van der Waals surface area contributed by atoms with Crippen LogP contribution in [0.3, 0.4) is 0 Å². The van der Waals surface area contributed by atoms with Gasteiger partial charge < -0.3 is 18.4 Å². The Balaban J connectivity index is 0.000000158. The van der Waals surface area contributed by atoms with E-state index in [2.05, 4.69) is 79.6 Å². The molecule has 0 saturated heterocycles. The summed E-state index contributed by atoms with van der Waals surface area (Å²) in [5.41, 5.74) is 10.8. The predicted molar refractivity (Wildman–Crippen MR) is 250 cm³/mol. The number of hydrogen-bond donors (Lipinski definition) is 0. The summed E-state index contributed by atoms with van der Waals surface area (Å²) < 4.78 is 28.5. The van der Waals surface area contributed by atoms with Gasteiger partial charge in [-0.05, 0) is 95.5 Å². The van der Waals surface area contributed by atoms with Crippen molar-refractivity contribution in [1.82, 2.24) is 19.5 Å². The second-order valence-corrected chi connectivity index (χ2v) is 22.2. The third kappa shape index (κ3) is 7.44. The van der Waals surface area contributed by atoms with Crippen LogP contribution in [0.2, 0.25) is 19.6 Å². The number of nitrogens with zero attached hydrogens (tertiary/aromatic N) is 4. The third-order valence-electron chi connectivity index (χ3n) is 11.3. The maximum atomic E-state index is 13.9. The molecule has 9 heteroatoms. The van der Waals surface area contributed by atoms with Gasteiger partial charge in [-0.25, -0.2) is 9.37 Å². The molecule has 0 fully saturated rings. The maximum Gasteiger partial charge on any atom is 0.216 e. The Bertz CT molecular complexity index is 3470. The average Bonchev–Trinajstić information content (AvgIpc) is 3.94. The number of halogens is 1. The Labute approximate surface area is 373 Å².